The maximum Gasteiger partial charge on any atom is 0.145 e. The van der Waals surface area contributed by atoms with Crippen molar-refractivity contribution in [1.82, 2.24) is 0 Å². The number of carbonyl (C=O) groups excluding carboxylic acids is 1. The summed E-state index contributed by atoms with van der Waals surface area (Å²) in [6.45, 7) is 2.08. The molecule has 2 heteroatoms. The summed E-state index contributed by atoms with van der Waals surface area (Å²) < 4.78 is 0. The molecular formula is C10H14O2. The molecule has 0 bridgehead atoms. The van der Waals surface area contributed by atoms with Gasteiger partial charge < -0.3 is 5.11 Å². The Hall–Kier alpha value is -0.630. The number of aliphatic hydroxyl groups excluding tert-OH is 1. The first-order valence-electron chi connectivity index (χ1n) is 4.57. The Balaban J connectivity index is 2.19. The lowest BCUT2D eigenvalue weighted by Gasteiger charge is -2.14. The van der Waals surface area contributed by atoms with Gasteiger partial charge in [-0.3, -0.25) is 4.79 Å². The van der Waals surface area contributed by atoms with Crippen molar-refractivity contribution < 1.29 is 9.90 Å². The second kappa shape index (κ2) is 2.70. The molecule has 0 aromatic heterocycles. The van der Waals surface area contributed by atoms with Crippen LogP contribution >= 0.6 is 0 Å². The summed E-state index contributed by atoms with van der Waals surface area (Å²) in [6.07, 6.45) is 4.57. The van der Waals surface area contributed by atoms with E-state index in [2.05, 4.69) is 6.92 Å². The molecule has 0 unspecified atom stereocenters. The highest BCUT2D eigenvalue weighted by molar-refractivity contribution is 5.75. The maximum absolute atomic E-state index is 10.6. The number of fused-ring (bicyclic) bond motifs is 1. The molecule has 12 heavy (non-hydrogen) atoms. The fourth-order valence-corrected chi connectivity index (χ4v) is 2.62. The average molecular weight is 166 g/mol. The van der Waals surface area contributed by atoms with Crippen LogP contribution in [-0.2, 0) is 4.79 Å². The van der Waals surface area contributed by atoms with E-state index in [-0.39, 0.29) is 6.10 Å². The van der Waals surface area contributed by atoms with E-state index in [0.29, 0.717) is 17.8 Å². The van der Waals surface area contributed by atoms with Gasteiger partial charge in [-0.15, -0.1) is 0 Å². The smallest absolute Gasteiger partial charge is 0.145 e. The Bertz CT molecular complexity index is 232. The number of aliphatic hydroxyl groups is 1. The van der Waals surface area contributed by atoms with Crippen LogP contribution in [0.5, 0.6) is 0 Å². The molecular weight excluding hydrogens is 152 g/mol. The third kappa shape index (κ3) is 0.944. The number of rotatable bonds is 1. The Morgan fingerprint density at radius 3 is 3.08 bits per heavy atom. The number of allylic oxidation sites excluding steroid dienone is 2. The summed E-state index contributed by atoms with van der Waals surface area (Å²) in [4.78, 5) is 10.6. The van der Waals surface area contributed by atoms with E-state index in [1.54, 1.807) is 0 Å². The molecule has 0 amide bonds. The Morgan fingerprint density at radius 2 is 2.42 bits per heavy atom. The van der Waals surface area contributed by atoms with Crippen LogP contribution < -0.4 is 0 Å². The fraction of sp³-hybridized carbons (Fsp3) is 0.700. The van der Waals surface area contributed by atoms with Crippen LogP contribution in [0.4, 0.5) is 0 Å². The van der Waals surface area contributed by atoms with Crippen LogP contribution in [0.15, 0.2) is 11.6 Å². The highest BCUT2D eigenvalue weighted by Crippen LogP contribution is 2.46. The quantitative estimate of drug-likeness (QED) is 0.593. The van der Waals surface area contributed by atoms with Gasteiger partial charge in [0.05, 0.1) is 6.10 Å². The first-order valence-corrected chi connectivity index (χ1v) is 4.57. The van der Waals surface area contributed by atoms with E-state index in [1.807, 2.05) is 6.08 Å². The highest BCUT2D eigenvalue weighted by Gasteiger charge is 2.43. The molecule has 1 N–H and O–H groups in total. The third-order valence-corrected chi connectivity index (χ3v) is 3.48. The van der Waals surface area contributed by atoms with Crippen molar-refractivity contribution in [3.05, 3.63) is 11.6 Å². The largest absolute Gasteiger partial charge is 0.393 e. The monoisotopic (exact) mass is 166 g/mol. The Labute approximate surface area is 72.3 Å². The molecule has 0 saturated heterocycles. The van der Waals surface area contributed by atoms with Gasteiger partial charge in [0.25, 0.3) is 0 Å². The first kappa shape index (κ1) is 7.99. The highest BCUT2D eigenvalue weighted by atomic mass is 16.3. The Morgan fingerprint density at radius 1 is 1.67 bits per heavy atom. The molecule has 1 fully saturated rings. The van der Waals surface area contributed by atoms with E-state index >= 15 is 0 Å². The van der Waals surface area contributed by atoms with Crippen LogP contribution in [-0.4, -0.2) is 17.5 Å². The zero-order valence-corrected chi connectivity index (χ0v) is 7.23. The van der Waals surface area contributed by atoms with Crippen LogP contribution in [0.25, 0.3) is 0 Å². The molecule has 1 saturated carbocycles. The van der Waals surface area contributed by atoms with Gasteiger partial charge in [0.2, 0.25) is 0 Å². The number of hydrogen-bond acceptors (Lipinski definition) is 2. The maximum atomic E-state index is 10.6. The van der Waals surface area contributed by atoms with Crippen LogP contribution in [0, 0.1) is 17.8 Å². The fourth-order valence-electron chi connectivity index (χ4n) is 2.62. The molecule has 4 atom stereocenters. The van der Waals surface area contributed by atoms with Crippen LogP contribution in [0.3, 0.4) is 0 Å². The Kier molecular flexibility index (Phi) is 1.80. The van der Waals surface area contributed by atoms with Crippen molar-refractivity contribution in [3.8, 4) is 0 Å². The summed E-state index contributed by atoms with van der Waals surface area (Å²) in [7, 11) is 0. The van der Waals surface area contributed by atoms with Crippen LogP contribution in [0.1, 0.15) is 19.8 Å². The third-order valence-electron chi connectivity index (χ3n) is 3.48. The first-order chi connectivity index (χ1) is 5.74. The normalized spacial score (nSPS) is 45.7. The number of aldehydes is 1. The molecule has 0 aliphatic heterocycles. The van der Waals surface area contributed by atoms with Crippen molar-refractivity contribution >= 4 is 6.29 Å². The van der Waals surface area contributed by atoms with E-state index in [4.69, 9.17) is 0 Å². The predicted octanol–water partition coefficient (Wildman–Crippen LogP) is 1.15. The molecule has 0 radical (unpaired) electrons. The molecule has 2 aliphatic carbocycles. The zero-order valence-electron chi connectivity index (χ0n) is 7.23. The van der Waals surface area contributed by atoms with Crippen LogP contribution in [0.2, 0.25) is 0 Å². The van der Waals surface area contributed by atoms with Crippen molar-refractivity contribution in [2.24, 2.45) is 17.8 Å². The molecule has 0 heterocycles. The van der Waals surface area contributed by atoms with Crippen molar-refractivity contribution in [2.45, 2.75) is 25.9 Å². The number of carbonyl (C=O) groups is 1. The van der Waals surface area contributed by atoms with E-state index < -0.39 is 0 Å². The molecule has 2 rings (SSSR count). The van der Waals surface area contributed by atoms with Gasteiger partial charge in [0, 0.05) is 0 Å². The number of hydrogen-bond donors (Lipinski definition) is 1. The summed E-state index contributed by atoms with van der Waals surface area (Å²) >= 11 is 0. The minimum absolute atomic E-state index is 0.191. The average Bonchev–Trinajstić information content (AvgIpc) is 2.55. The molecule has 0 aromatic rings. The van der Waals surface area contributed by atoms with Gasteiger partial charge in [0.1, 0.15) is 6.29 Å². The molecule has 0 spiro atoms. The summed E-state index contributed by atoms with van der Waals surface area (Å²) in [6, 6.07) is 0. The topological polar surface area (TPSA) is 37.3 Å². The SMILES string of the molecule is C[C@H]1[C@@H]2CC=C(C=O)[C@@H]2C[C@@H]1O. The second-order valence-electron chi connectivity index (χ2n) is 3.99. The van der Waals surface area contributed by atoms with Gasteiger partial charge in [0.15, 0.2) is 0 Å². The van der Waals surface area contributed by atoms with Gasteiger partial charge in [-0.1, -0.05) is 13.0 Å². The predicted molar refractivity (Wildman–Crippen MR) is 45.5 cm³/mol. The summed E-state index contributed by atoms with van der Waals surface area (Å²) in [5.41, 5.74) is 0.920. The molecule has 2 nitrogen and oxygen atoms in total. The summed E-state index contributed by atoms with van der Waals surface area (Å²) in [5, 5.41) is 9.57. The van der Waals surface area contributed by atoms with Crippen molar-refractivity contribution in [2.75, 3.05) is 0 Å². The van der Waals surface area contributed by atoms with Gasteiger partial charge in [-0.25, -0.2) is 0 Å². The minimum Gasteiger partial charge on any atom is -0.393 e. The lowest BCUT2D eigenvalue weighted by molar-refractivity contribution is -0.105. The van der Waals surface area contributed by atoms with E-state index in [9.17, 15) is 9.90 Å². The van der Waals surface area contributed by atoms with Crippen molar-refractivity contribution in [1.29, 1.82) is 0 Å². The zero-order chi connectivity index (χ0) is 8.72. The standard InChI is InChI=1S/C10H14O2/c1-6-8-3-2-7(5-11)9(8)4-10(6)12/h2,5-6,8-10,12H,3-4H2,1H3/t6-,8-,9-,10-/m0/s1. The van der Waals surface area contributed by atoms with Gasteiger partial charge in [-0.2, -0.15) is 0 Å². The van der Waals surface area contributed by atoms with E-state index in [1.165, 1.54) is 0 Å². The van der Waals surface area contributed by atoms with Gasteiger partial charge in [-0.05, 0) is 36.2 Å². The summed E-state index contributed by atoms with van der Waals surface area (Å²) in [5.74, 6) is 1.25. The molecule has 2 aliphatic rings. The van der Waals surface area contributed by atoms with E-state index in [0.717, 1.165) is 24.7 Å². The molecule has 66 valence electrons. The lowest BCUT2D eigenvalue weighted by atomic mass is 9.90. The molecule has 0 aromatic carbocycles. The van der Waals surface area contributed by atoms with Crippen molar-refractivity contribution in [3.63, 3.8) is 0 Å². The van der Waals surface area contributed by atoms with Gasteiger partial charge >= 0.3 is 0 Å². The lowest BCUT2D eigenvalue weighted by Crippen LogP contribution is -2.14. The second-order valence-corrected chi connectivity index (χ2v) is 3.99. The minimum atomic E-state index is -0.191.